The second-order valence-corrected chi connectivity index (χ2v) is 3.51. The lowest BCUT2D eigenvalue weighted by Crippen LogP contribution is -2.11. The molecule has 0 unspecified atom stereocenters. The summed E-state index contributed by atoms with van der Waals surface area (Å²) in [6.45, 7) is 0. The predicted octanol–water partition coefficient (Wildman–Crippen LogP) is 1.46. The maximum Gasteiger partial charge on any atom is 0.254 e. The number of ether oxygens (including phenoxy) is 2. The van der Waals surface area contributed by atoms with Crippen molar-refractivity contribution in [3.05, 3.63) is 30.0 Å². The Labute approximate surface area is 103 Å². The van der Waals surface area contributed by atoms with Crippen LogP contribution < -0.4 is 15.2 Å². The van der Waals surface area contributed by atoms with Crippen LogP contribution in [0.4, 0.5) is 0 Å². The summed E-state index contributed by atoms with van der Waals surface area (Å²) in [4.78, 5) is 11.2. The summed E-state index contributed by atoms with van der Waals surface area (Å²) in [5.74, 6) is 0.528. The number of rotatable bonds is 4. The molecule has 0 radical (unpaired) electrons. The number of aromatic nitrogens is 1. The van der Waals surface area contributed by atoms with Crippen molar-refractivity contribution in [2.24, 2.45) is 5.73 Å². The first kappa shape index (κ1) is 12.0. The first-order chi connectivity index (χ1) is 8.67. The molecule has 1 aromatic carbocycles. The number of hydrogen-bond donors (Lipinski definition) is 1. The van der Waals surface area contributed by atoms with Gasteiger partial charge in [-0.15, -0.1) is 0 Å². The Kier molecular flexibility index (Phi) is 3.18. The quantitative estimate of drug-likeness (QED) is 0.884. The molecule has 0 saturated carbocycles. The van der Waals surface area contributed by atoms with E-state index >= 15 is 0 Å². The van der Waals surface area contributed by atoms with Gasteiger partial charge in [-0.25, -0.2) is 0 Å². The molecule has 0 fully saturated rings. The molecule has 0 spiro atoms. The third-order valence-electron chi connectivity index (χ3n) is 2.49. The summed E-state index contributed by atoms with van der Waals surface area (Å²) < 4.78 is 15.1. The Morgan fingerprint density at radius 3 is 2.61 bits per heavy atom. The minimum absolute atomic E-state index is 0.224. The molecule has 1 heterocycles. The molecule has 6 nitrogen and oxygen atoms in total. The zero-order chi connectivity index (χ0) is 13.1. The van der Waals surface area contributed by atoms with Gasteiger partial charge in [0.05, 0.1) is 14.2 Å². The zero-order valence-electron chi connectivity index (χ0n) is 9.97. The van der Waals surface area contributed by atoms with Gasteiger partial charge in [-0.2, -0.15) is 0 Å². The van der Waals surface area contributed by atoms with Crippen molar-refractivity contribution in [3.63, 3.8) is 0 Å². The van der Waals surface area contributed by atoms with Gasteiger partial charge in [-0.05, 0) is 18.2 Å². The largest absolute Gasteiger partial charge is 0.493 e. The third kappa shape index (κ3) is 2.00. The van der Waals surface area contributed by atoms with Crippen LogP contribution in [0.1, 0.15) is 10.4 Å². The van der Waals surface area contributed by atoms with Gasteiger partial charge in [-0.3, -0.25) is 4.79 Å². The number of benzene rings is 1. The highest BCUT2D eigenvalue weighted by molar-refractivity contribution is 5.98. The number of methoxy groups -OCH3 is 2. The van der Waals surface area contributed by atoms with E-state index < -0.39 is 5.91 Å². The maximum absolute atomic E-state index is 11.2. The van der Waals surface area contributed by atoms with E-state index in [2.05, 4.69) is 5.16 Å². The zero-order valence-corrected chi connectivity index (χ0v) is 9.97. The SMILES string of the molecule is COc1ccc(-c2nocc2C(N)=O)cc1OC. The first-order valence-electron chi connectivity index (χ1n) is 5.14. The van der Waals surface area contributed by atoms with Gasteiger partial charge in [0.2, 0.25) is 0 Å². The number of nitrogens with zero attached hydrogens (tertiary/aromatic N) is 1. The summed E-state index contributed by atoms with van der Waals surface area (Å²) in [5, 5.41) is 3.77. The van der Waals surface area contributed by atoms with Crippen molar-refractivity contribution < 1.29 is 18.8 Å². The highest BCUT2D eigenvalue weighted by atomic mass is 16.5. The molecule has 0 aliphatic carbocycles. The van der Waals surface area contributed by atoms with Gasteiger partial charge in [0.15, 0.2) is 11.5 Å². The van der Waals surface area contributed by atoms with E-state index in [-0.39, 0.29) is 5.56 Å². The number of hydrogen-bond acceptors (Lipinski definition) is 5. The topological polar surface area (TPSA) is 87.6 Å². The standard InChI is InChI=1S/C12H12N2O4/c1-16-9-4-3-7(5-10(9)17-2)11-8(12(13)15)6-18-14-11/h3-6H,1-2H3,(H2,13,15). The maximum atomic E-state index is 11.2. The van der Waals surface area contributed by atoms with Gasteiger partial charge >= 0.3 is 0 Å². The minimum atomic E-state index is -0.596. The Balaban J connectivity index is 2.51. The molecule has 0 atom stereocenters. The highest BCUT2D eigenvalue weighted by Gasteiger charge is 2.16. The Morgan fingerprint density at radius 2 is 2.00 bits per heavy atom. The van der Waals surface area contributed by atoms with Crippen LogP contribution in [0.3, 0.4) is 0 Å². The molecule has 0 saturated heterocycles. The third-order valence-corrected chi connectivity index (χ3v) is 2.49. The van der Waals surface area contributed by atoms with E-state index in [1.54, 1.807) is 25.3 Å². The normalized spacial score (nSPS) is 10.1. The Morgan fingerprint density at radius 1 is 1.28 bits per heavy atom. The smallest absolute Gasteiger partial charge is 0.254 e. The van der Waals surface area contributed by atoms with E-state index in [4.69, 9.17) is 19.7 Å². The number of primary amides is 1. The van der Waals surface area contributed by atoms with Gasteiger partial charge in [0.25, 0.3) is 5.91 Å². The molecule has 6 heteroatoms. The molecular weight excluding hydrogens is 236 g/mol. The molecule has 0 aliphatic rings. The number of carbonyl (C=O) groups excluding carboxylic acids is 1. The molecular formula is C12H12N2O4. The van der Waals surface area contributed by atoms with E-state index in [1.807, 2.05) is 0 Å². The summed E-state index contributed by atoms with van der Waals surface area (Å²) in [7, 11) is 3.07. The van der Waals surface area contributed by atoms with Crippen LogP contribution in [-0.2, 0) is 0 Å². The van der Waals surface area contributed by atoms with Crippen molar-refractivity contribution in [1.29, 1.82) is 0 Å². The van der Waals surface area contributed by atoms with Crippen molar-refractivity contribution in [2.45, 2.75) is 0 Å². The van der Waals surface area contributed by atoms with Crippen LogP contribution in [0.5, 0.6) is 11.5 Å². The van der Waals surface area contributed by atoms with Crippen LogP contribution in [0.25, 0.3) is 11.3 Å². The van der Waals surface area contributed by atoms with Crippen LogP contribution >= 0.6 is 0 Å². The van der Waals surface area contributed by atoms with E-state index in [1.165, 1.54) is 13.4 Å². The molecule has 2 rings (SSSR count). The summed E-state index contributed by atoms with van der Waals surface area (Å²) in [6, 6.07) is 5.16. The monoisotopic (exact) mass is 248 g/mol. The summed E-state index contributed by atoms with van der Waals surface area (Å²) in [6.07, 6.45) is 1.22. The van der Waals surface area contributed by atoms with E-state index in [9.17, 15) is 4.79 Å². The fourth-order valence-electron chi connectivity index (χ4n) is 1.60. The van der Waals surface area contributed by atoms with E-state index in [0.29, 0.717) is 22.8 Å². The molecule has 18 heavy (non-hydrogen) atoms. The van der Waals surface area contributed by atoms with Crippen molar-refractivity contribution in [2.75, 3.05) is 14.2 Å². The van der Waals surface area contributed by atoms with Crippen molar-refractivity contribution in [1.82, 2.24) is 5.16 Å². The van der Waals surface area contributed by atoms with Crippen LogP contribution in [0.2, 0.25) is 0 Å². The summed E-state index contributed by atoms with van der Waals surface area (Å²) >= 11 is 0. The summed E-state index contributed by atoms with van der Waals surface area (Å²) in [5.41, 5.74) is 6.49. The minimum Gasteiger partial charge on any atom is -0.493 e. The molecule has 94 valence electrons. The lowest BCUT2D eigenvalue weighted by atomic mass is 10.1. The van der Waals surface area contributed by atoms with Gasteiger partial charge in [-0.1, -0.05) is 5.16 Å². The average Bonchev–Trinajstić information content (AvgIpc) is 2.87. The number of nitrogens with two attached hydrogens (primary N) is 1. The lowest BCUT2D eigenvalue weighted by molar-refractivity contribution is 0.1000. The van der Waals surface area contributed by atoms with Crippen LogP contribution in [-0.4, -0.2) is 25.3 Å². The fraction of sp³-hybridized carbons (Fsp3) is 0.167. The second kappa shape index (κ2) is 4.79. The number of carbonyl (C=O) groups is 1. The second-order valence-electron chi connectivity index (χ2n) is 3.51. The molecule has 0 bridgehead atoms. The lowest BCUT2D eigenvalue weighted by Gasteiger charge is -2.08. The van der Waals surface area contributed by atoms with Crippen molar-refractivity contribution >= 4 is 5.91 Å². The van der Waals surface area contributed by atoms with Gasteiger partial charge in [0.1, 0.15) is 17.5 Å². The first-order valence-corrected chi connectivity index (χ1v) is 5.14. The van der Waals surface area contributed by atoms with Crippen molar-refractivity contribution in [3.8, 4) is 22.8 Å². The molecule has 2 aromatic rings. The number of amides is 1. The molecule has 2 N–H and O–H groups in total. The van der Waals surface area contributed by atoms with E-state index in [0.717, 1.165) is 0 Å². The Hall–Kier alpha value is -2.50. The molecule has 0 aliphatic heterocycles. The van der Waals surface area contributed by atoms with Crippen LogP contribution in [0, 0.1) is 0 Å². The molecule has 1 amide bonds. The van der Waals surface area contributed by atoms with Gasteiger partial charge < -0.3 is 19.7 Å². The Bertz CT molecular complexity index is 577. The molecule has 1 aromatic heterocycles. The average molecular weight is 248 g/mol. The van der Waals surface area contributed by atoms with Gasteiger partial charge in [0, 0.05) is 5.56 Å². The van der Waals surface area contributed by atoms with Crippen LogP contribution in [0.15, 0.2) is 29.0 Å². The fourth-order valence-corrected chi connectivity index (χ4v) is 1.60. The highest BCUT2D eigenvalue weighted by Crippen LogP contribution is 2.32. The predicted molar refractivity (Wildman–Crippen MR) is 63.6 cm³/mol.